The maximum Gasteiger partial charge on any atom is 0.243 e. The second kappa shape index (κ2) is 9.40. The zero-order valence-electron chi connectivity index (χ0n) is 17.7. The number of aryl methyl sites for hydroxylation is 3. The molecular weight excluding hydrogens is 378 g/mol. The minimum absolute atomic E-state index is 0.0387. The quantitative estimate of drug-likeness (QED) is 0.797. The first-order valence-corrected chi connectivity index (χ1v) is 10.1. The van der Waals surface area contributed by atoms with E-state index in [1.54, 1.807) is 12.3 Å². The maximum atomic E-state index is 12.5. The van der Waals surface area contributed by atoms with E-state index in [2.05, 4.69) is 26.6 Å². The van der Waals surface area contributed by atoms with Crippen molar-refractivity contribution in [2.45, 2.75) is 33.6 Å². The first-order chi connectivity index (χ1) is 14.4. The standard InChI is InChI=1S/C23H27N5O2/c1-15-10-16(2)22(17(3)11-15)27-21(29)14-26-23(30)19-6-8-28(9-7-19)20-5-4-18(12-24)13-25-20/h4-5,10-11,13,19H,6-9,14H2,1-3H3,(H,26,30)(H,27,29). The van der Waals surface area contributed by atoms with Gasteiger partial charge in [0.25, 0.3) is 0 Å². The van der Waals surface area contributed by atoms with Gasteiger partial charge in [0.05, 0.1) is 12.1 Å². The van der Waals surface area contributed by atoms with Crippen LogP contribution >= 0.6 is 0 Å². The Morgan fingerprint density at radius 2 is 1.83 bits per heavy atom. The minimum Gasteiger partial charge on any atom is -0.357 e. The van der Waals surface area contributed by atoms with E-state index in [9.17, 15) is 9.59 Å². The van der Waals surface area contributed by atoms with Crippen LogP contribution in [0.1, 0.15) is 35.1 Å². The summed E-state index contributed by atoms with van der Waals surface area (Å²) in [5.41, 5.74) is 4.51. The predicted molar refractivity (Wildman–Crippen MR) is 116 cm³/mol. The van der Waals surface area contributed by atoms with E-state index in [0.717, 1.165) is 28.2 Å². The monoisotopic (exact) mass is 405 g/mol. The smallest absolute Gasteiger partial charge is 0.243 e. The molecule has 2 N–H and O–H groups in total. The zero-order chi connectivity index (χ0) is 21.7. The third kappa shape index (κ3) is 5.15. The van der Waals surface area contributed by atoms with Crippen LogP contribution in [-0.4, -0.2) is 36.4 Å². The molecule has 156 valence electrons. The van der Waals surface area contributed by atoms with Crippen LogP contribution in [0, 0.1) is 38.0 Å². The molecule has 30 heavy (non-hydrogen) atoms. The predicted octanol–water partition coefficient (Wildman–Crippen LogP) is 2.85. The van der Waals surface area contributed by atoms with E-state index < -0.39 is 0 Å². The molecule has 1 saturated heterocycles. The zero-order valence-corrected chi connectivity index (χ0v) is 17.7. The summed E-state index contributed by atoms with van der Waals surface area (Å²) in [6.45, 7) is 7.34. The average molecular weight is 406 g/mol. The molecule has 0 saturated carbocycles. The molecule has 7 nitrogen and oxygen atoms in total. The van der Waals surface area contributed by atoms with Gasteiger partial charge in [0.1, 0.15) is 11.9 Å². The first-order valence-electron chi connectivity index (χ1n) is 10.1. The molecule has 7 heteroatoms. The fourth-order valence-electron chi connectivity index (χ4n) is 3.88. The van der Waals surface area contributed by atoms with Gasteiger partial charge < -0.3 is 15.5 Å². The highest BCUT2D eigenvalue weighted by molar-refractivity contribution is 5.96. The van der Waals surface area contributed by atoms with E-state index in [4.69, 9.17) is 5.26 Å². The topological polar surface area (TPSA) is 98.1 Å². The lowest BCUT2D eigenvalue weighted by molar-refractivity contribution is -0.127. The number of nitriles is 1. The molecule has 2 heterocycles. The van der Waals surface area contributed by atoms with Crippen LogP contribution in [0.2, 0.25) is 0 Å². The highest BCUT2D eigenvalue weighted by Gasteiger charge is 2.26. The number of nitrogens with one attached hydrogen (secondary N) is 2. The van der Waals surface area contributed by atoms with Crippen LogP contribution in [0.15, 0.2) is 30.5 Å². The second-order valence-corrected chi connectivity index (χ2v) is 7.82. The summed E-state index contributed by atoms with van der Waals surface area (Å²) < 4.78 is 0. The fraction of sp³-hybridized carbons (Fsp3) is 0.391. The van der Waals surface area contributed by atoms with Crippen molar-refractivity contribution in [2.75, 3.05) is 29.9 Å². The molecule has 2 aromatic rings. The summed E-state index contributed by atoms with van der Waals surface area (Å²) in [7, 11) is 0. The van der Waals surface area contributed by atoms with Gasteiger partial charge in [-0.2, -0.15) is 5.26 Å². The van der Waals surface area contributed by atoms with Crippen LogP contribution < -0.4 is 15.5 Å². The van der Waals surface area contributed by atoms with Gasteiger partial charge in [-0.15, -0.1) is 0 Å². The number of benzene rings is 1. The van der Waals surface area contributed by atoms with Crippen LogP contribution in [0.5, 0.6) is 0 Å². The molecule has 1 aromatic carbocycles. The lowest BCUT2D eigenvalue weighted by Crippen LogP contribution is -2.42. The minimum atomic E-state index is -0.224. The molecule has 1 aliphatic rings. The molecule has 2 amide bonds. The van der Waals surface area contributed by atoms with Crippen molar-refractivity contribution in [1.82, 2.24) is 10.3 Å². The number of hydrogen-bond acceptors (Lipinski definition) is 5. The number of carbonyl (C=O) groups excluding carboxylic acids is 2. The molecule has 0 spiro atoms. The van der Waals surface area contributed by atoms with Gasteiger partial charge in [-0.3, -0.25) is 9.59 Å². The van der Waals surface area contributed by atoms with E-state index in [1.807, 2.05) is 39.0 Å². The normalized spacial score (nSPS) is 14.1. The number of piperidine rings is 1. The summed E-state index contributed by atoms with van der Waals surface area (Å²) in [4.78, 5) is 31.2. The molecule has 0 unspecified atom stereocenters. The number of nitrogens with zero attached hydrogens (tertiary/aromatic N) is 3. The van der Waals surface area contributed by atoms with Crippen molar-refractivity contribution in [2.24, 2.45) is 5.92 Å². The van der Waals surface area contributed by atoms with Crippen LogP contribution in [0.3, 0.4) is 0 Å². The van der Waals surface area contributed by atoms with E-state index in [-0.39, 0.29) is 24.3 Å². The Balaban J connectivity index is 1.47. The van der Waals surface area contributed by atoms with E-state index in [0.29, 0.717) is 31.5 Å². The third-order valence-electron chi connectivity index (χ3n) is 5.43. The van der Waals surface area contributed by atoms with Gasteiger partial charge in [0.15, 0.2) is 0 Å². The maximum absolute atomic E-state index is 12.5. The highest BCUT2D eigenvalue weighted by atomic mass is 16.2. The van der Waals surface area contributed by atoms with Gasteiger partial charge in [-0.1, -0.05) is 17.7 Å². The Kier molecular flexibility index (Phi) is 6.68. The van der Waals surface area contributed by atoms with Gasteiger partial charge in [0, 0.05) is 30.9 Å². The van der Waals surface area contributed by atoms with Crippen molar-refractivity contribution in [3.05, 3.63) is 52.7 Å². The Labute approximate surface area is 177 Å². The van der Waals surface area contributed by atoms with Crippen molar-refractivity contribution in [3.63, 3.8) is 0 Å². The van der Waals surface area contributed by atoms with Gasteiger partial charge in [-0.05, 0) is 56.9 Å². The van der Waals surface area contributed by atoms with Gasteiger partial charge in [0.2, 0.25) is 11.8 Å². The van der Waals surface area contributed by atoms with Crippen LogP contribution in [0.4, 0.5) is 11.5 Å². The van der Waals surface area contributed by atoms with Crippen LogP contribution in [-0.2, 0) is 9.59 Å². The second-order valence-electron chi connectivity index (χ2n) is 7.82. The first kappa shape index (κ1) is 21.3. The Morgan fingerprint density at radius 1 is 1.17 bits per heavy atom. The van der Waals surface area contributed by atoms with Crippen molar-refractivity contribution >= 4 is 23.3 Å². The number of amides is 2. The van der Waals surface area contributed by atoms with Crippen molar-refractivity contribution < 1.29 is 9.59 Å². The molecule has 0 radical (unpaired) electrons. The molecule has 0 bridgehead atoms. The number of aromatic nitrogens is 1. The highest BCUT2D eigenvalue weighted by Crippen LogP contribution is 2.23. The van der Waals surface area contributed by atoms with Gasteiger partial charge >= 0.3 is 0 Å². The number of rotatable bonds is 5. The number of anilines is 2. The summed E-state index contributed by atoms with van der Waals surface area (Å²) in [6.07, 6.45) is 2.96. The summed E-state index contributed by atoms with van der Waals surface area (Å²) >= 11 is 0. The number of hydrogen-bond donors (Lipinski definition) is 2. The van der Waals surface area contributed by atoms with Crippen molar-refractivity contribution in [3.8, 4) is 6.07 Å². The van der Waals surface area contributed by atoms with E-state index in [1.165, 1.54) is 0 Å². The SMILES string of the molecule is Cc1cc(C)c(NC(=O)CNC(=O)C2CCN(c3ccc(C#N)cn3)CC2)c(C)c1. The average Bonchev–Trinajstić information content (AvgIpc) is 2.74. The van der Waals surface area contributed by atoms with Crippen LogP contribution in [0.25, 0.3) is 0 Å². The van der Waals surface area contributed by atoms with Gasteiger partial charge in [-0.25, -0.2) is 4.98 Å². The summed E-state index contributed by atoms with van der Waals surface area (Å²) in [5.74, 6) is 0.388. The summed E-state index contributed by atoms with van der Waals surface area (Å²) in [6, 6.07) is 9.69. The molecule has 3 rings (SSSR count). The number of carbonyl (C=O) groups is 2. The Morgan fingerprint density at radius 3 is 2.40 bits per heavy atom. The Bertz CT molecular complexity index is 947. The lowest BCUT2D eigenvalue weighted by atomic mass is 9.96. The van der Waals surface area contributed by atoms with E-state index >= 15 is 0 Å². The van der Waals surface area contributed by atoms with Crippen molar-refractivity contribution in [1.29, 1.82) is 5.26 Å². The lowest BCUT2D eigenvalue weighted by Gasteiger charge is -2.32. The molecule has 0 atom stereocenters. The summed E-state index contributed by atoms with van der Waals surface area (Å²) in [5, 5.41) is 14.5. The largest absolute Gasteiger partial charge is 0.357 e. The Hall–Kier alpha value is -3.40. The number of pyridine rings is 1. The molecule has 0 aliphatic carbocycles. The fourth-order valence-corrected chi connectivity index (χ4v) is 3.88. The third-order valence-corrected chi connectivity index (χ3v) is 5.43. The molecule has 1 fully saturated rings. The molecular formula is C23H27N5O2. The molecule has 1 aromatic heterocycles. The molecule has 1 aliphatic heterocycles.